The van der Waals surface area contributed by atoms with Gasteiger partial charge in [0.05, 0.1) is 36.1 Å². The maximum atomic E-state index is 14.1. The first-order valence-corrected chi connectivity index (χ1v) is 15.4. The quantitative estimate of drug-likeness (QED) is 0.431. The van der Waals surface area contributed by atoms with Crippen LogP contribution in [-0.2, 0) is 23.7 Å². The molecule has 9 nitrogen and oxygen atoms in total. The fourth-order valence-corrected chi connectivity index (χ4v) is 12.0. The molecule has 6 fully saturated rings. The average Bonchev–Trinajstić information content (AvgIpc) is 3.35. The highest BCUT2D eigenvalue weighted by atomic mass is 19.1. The van der Waals surface area contributed by atoms with E-state index < -0.39 is 58.3 Å². The summed E-state index contributed by atoms with van der Waals surface area (Å²) in [6, 6.07) is 2.40. The van der Waals surface area contributed by atoms with Crippen molar-refractivity contribution in [1.29, 1.82) is 0 Å². The minimum atomic E-state index is -1.63. The third-order valence-corrected chi connectivity index (χ3v) is 12.8. The van der Waals surface area contributed by atoms with Gasteiger partial charge in [0.1, 0.15) is 23.3 Å². The number of aliphatic hydroxyl groups is 2. The predicted octanol–water partition coefficient (Wildman–Crippen LogP) is 2.41. The van der Waals surface area contributed by atoms with Crippen molar-refractivity contribution < 1.29 is 47.5 Å². The van der Waals surface area contributed by atoms with E-state index in [4.69, 9.17) is 23.7 Å². The van der Waals surface area contributed by atoms with E-state index in [-0.39, 0.29) is 53.9 Å². The van der Waals surface area contributed by atoms with Crippen LogP contribution >= 0.6 is 0 Å². The van der Waals surface area contributed by atoms with E-state index in [1.165, 1.54) is 7.11 Å². The second-order valence-corrected chi connectivity index (χ2v) is 14.0. The summed E-state index contributed by atoms with van der Waals surface area (Å²) >= 11 is 0. The molecule has 1 heterocycles. The van der Waals surface area contributed by atoms with Crippen LogP contribution in [-0.4, -0.2) is 111 Å². The van der Waals surface area contributed by atoms with Crippen molar-refractivity contribution in [3.05, 3.63) is 35.4 Å². The van der Waals surface area contributed by atoms with Gasteiger partial charge in [0, 0.05) is 82.1 Å². The number of piperidine rings is 1. The summed E-state index contributed by atoms with van der Waals surface area (Å²) in [5.74, 6) is -4.22. The molecule has 238 valence electrons. The van der Waals surface area contributed by atoms with E-state index in [9.17, 15) is 23.8 Å². The van der Waals surface area contributed by atoms with Crippen molar-refractivity contribution >= 4 is 5.97 Å². The standard InChI is InChI=1S/C32H43F2NO8/c1-6-35-14-29(15-39-2)8-7-20(40-3)32-19-12-30(37)21(41-4)13-31(38,23(26(32)35)24(42-5)25(29)32)22(19)27(30)43-28(36)16-9-17(33)11-18(34)10-16/h9-11,19-27,37-38H,6-8,12-15H2,1-5H3/t19-,20+,21+,22-,23+,24+,25-,26-,27-,29+,30-,31-,32+/m1/s1. The topological polar surface area (TPSA) is 107 Å². The number of fused-ring (bicyclic) bond motifs is 2. The zero-order valence-corrected chi connectivity index (χ0v) is 25.4. The molecule has 0 unspecified atom stereocenters. The van der Waals surface area contributed by atoms with E-state index in [0.717, 1.165) is 38.1 Å². The minimum Gasteiger partial charge on any atom is -0.455 e. The number of carbonyl (C=O) groups excluding carboxylic acids is 1. The number of likely N-dealkylation sites (tertiary alicyclic amines) is 1. The van der Waals surface area contributed by atoms with Gasteiger partial charge in [0.2, 0.25) is 0 Å². The number of benzene rings is 1. The molecular formula is C32H43F2NO8. The number of nitrogens with zero attached hydrogens (tertiary/aromatic N) is 1. The normalized spacial score (nSPS) is 49.3. The number of hydrogen-bond donors (Lipinski definition) is 2. The van der Waals surface area contributed by atoms with Crippen LogP contribution in [0.4, 0.5) is 8.78 Å². The number of methoxy groups -OCH3 is 4. The molecule has 1 aromatic carbocycles. The van der Waals surface area contributed by atoms with E-state index in [1.807, 2.05) is 0 Å². The summed E-state index contributed by atoms with van der Waals surface area (Å²) in [7, 11) is 6.64. The van der Waals surface area contributed by atoms with E-state index in [1.54, 1.807) is 21.3 Å². The third kappa shape index (κ3) is 3.53. The SMILES string of the molecule is CCN1C[C@]2(COC)CC[C@H](OC)[C@@]34[C@@H]5C[C@@]6(O)[C@@H](OC)C[C@@](O)([C@H]5[C@H]6OC(=O)c5cc(F)cc(F)c5)[C@@H]([C@H](OC)[C@H]23)[C@@H]14. The summed E-state index contributed by atoms with van der Waals surface area (Å²) in [5, 5.41) is 25.6. The lowest BCUT2D eigenvalue weighted by Crippen LogP contribution is -2.77. The molecule has 0 amide bonds. The molecule has 43 heavy (non-hydrogen) atoms. The van der Waals surface area contributed by atoms with Gasteiger partial charge in [0.25, 0.3) is 0 Å². The van der Waals surface area contributed by atoms with E-state index in [2.05, 4.69) is 11.8 Å². The molecule has 5 aliphatic carbocycles. The lowest BCUT2D eigenvalue weighted by Gasteiger charge is -2.69. The van der Waals surface area contributed by atoms with Gasteiger partial charge in [-0.2, -0.15) is 0 Å². The van der Waals surface area contributed by atoms with Gasteiger partial charge in [0.15, 0.2) is 0 Å². The molecule has 1 spiro atoms. The Hall–Kier alpha value is -1.73. The first kappa shape index (κ1) is 30.0. The van der Waals surface area contributed by atoms with Crippen LogP contribution in [0.1, 0.15) is 43.0 Å². The molecule has 1 aromatic rings. The Labute approximate surface area is 250 Å². The molecule has 2 N–H and O–H groups in total. The Morgan fingerprint density at radius 3 is 2.28 bits per heavy atom. The average molecular weight is 608 g/mol. The smallest absolute Gasteiger partial charge is 0.338 e. The zero-order chi connectivity index (χ0) is 30.7. The molecule has 1 saturated heterocycles. The number of esters is 1. The van der Waals surface area contributed by atoms with Crippen molar-refractivity contribution in [2.24, 2.45) is 34.5 Å². The third-order valence-electron chi connectivity index (χ3n) is 12.8. The molecule has 5 saturated carbocycles. The number of hydrogen-bond acceptors (Lipinski definition) is 9. The van der Waals surface area contributed by atoms with Gasteiger partial charge >= 0.3 is 5.97 Å². The molecule has 1 aliphatic heterocycles. The number of carbonyl (C=O) groups is 1. The summed E-state index contributed by atoms with van der Waals surface area (Å²) in [4.78, 5) is 16.0. The largest absolute Gasteiger partial charge is 0.455 e. The van der Waals surface area contributed by atoms with Gasteiger partial charge in [-0.1, -0.05) is 6.92 Å². The predicted molar refractivity (Wildman–Crippen MR) is 148 cm³/mol. The summed E-state index contributed by atoms with van der Waals surface area (Å²) in [6.07, 6.45) is -0.566. The maximum Gasteiger partial charge on any atom is 0.338 e. The van der Waals surface area contributed by atoms with Crippen LogP contribution in [0.5, 0.6) is 0 Å². The highest BCUT2D eigenvalue weighted by Crippen LogP contribution is 2.80. The molecule has 7 bridgehead atoms. The zero-order valence-electron chi connectivity index (χ0n) is 25.4. The van der Waals surface area contributed by atoms with Crippen LogP contribution in [0.25, 0.3) is 0 Å². The van der Waals surface area contributed by atoms with Gasteiger partial charge in [-0.25, -0.2) is 13.6 Å². The van der Waals surface area contributed by atoms with Crippen molar-refractivity contribution in [2.45, 2.75) is 74.3 Å². The Kier molecular flexibility index (Phi) is 6.88. The number of halogens is 2. The van der Waals surface area contributed by atoms with Gasteiger partial charge in [-0.3, -0.25) is 4.90 Å². The summed E-state index contributed by atoms with van der Waals surface area (Å²) in [6.45, 7) is 4.21. The monoisotopic (exact) mass is 607 g/mol. The molecule has 0 radical (unpaired) electrons. The second-order valence-electron chi connectivity index (χ2n) is 14.0. The van der Waals surface area contributed by atoms with Crippen LogP contribution in [0, 0.1) is 46.1 Å². The first-order valence-electron chi connectivity index (χ1n) is 15.4. The maximum absolute atomic E-state index is 14.1. The van der Waals surface area contributed by atoms with E-state index >= 15 is 0 Å². The fraction of sp³-hybridized carbons (Fsp3) is 0.781. The van der Waals surface area contributed by atoms with Crippen molar-refractivity contribution in [3.63, 3.8) is 0 Å². The fourth-order valence-electron chi connectivity index (χ4n) is 12.0. The molecule has 13 atom stereocenters. The molecule has 7 rings (SSSR count). The van der Waals surface area contributed by atoms with Gasteiger partial charge in [-0.15, -0.1) is 0 Å². The minimum absolute atomic E-state index is 0.0434. The van der Waals surface area contributed by atoms with Crippen LogP contribution in [0.15, 0.2) is 18.2 Å². The van der Waals surface area contributed by atoms with Crippen LogP contribution in [0.2, 0.25) is 0 Å². The molecule has 0 aromatic heterocycles. The van der Waals surface area contributed by atoms with Gasteiger partial charge < -0.3 is 33.9 Å². The van der Waals surface area contributed by atoms with Crippen LogP contribution < -0.4 is 0 Å². The summed E-state index contributed by atoms with van der Waals surface area (Å²) in [5.41, 5.74) is -4.19. The first-order chi connectivity index (χ1) is 20.5. The Morgan fingerprint density at radius 1 is 0.977 bits per heavy atom. The lowest BCUT2D eigenvalue weighted by atomic mass is 9.43. The highest BCUT2D eigenvalue weighted by molar-refractivity contribution is 5.89. The molecule has 11 heteroatoms. The number of ether oxygens (including phenoxy) is 5. The van der Waals surface area contributed by atoms with E-state index in [0.29, 0.717) is 12.7 Å². The van der Waals surface area contributed by atoms with Crippen molar-refractivity contribution in [3.8, 4) is 0 Å². The Morgan fingerprint density at radius 2 is 1.67 bits per heavy atom. The second kappa shape index (κ2) is 9.88. The van der Waals surface area contributed by atoms with Crippen molar-refractivity contribution in [2.75, 3.05) is 48.1 Å². The Balaban J connectivity index is 1.43. The lowest BCUT2D eigenvalue weighted by molar-refractivity contribution is -0.283. The number of rotatable bonds is 8. The summed E-state index contributed by atoms with van der Waals surface area (Å²) < 4.78 is 58.8. The Bertz CT molecular complexity index is 1280. The molecule has 6 aliphatic rings. The van der Waals surface area contributed by atoms with Gasteiger partial charge in [-0.05, 0) is 43.9 Å². The molecular weight excluding hydrogens is 564 g/mol. The highest BCUT2D eigenvalue weighted by Gasteiger charge is 2.88. The van der Waals surface area contributed by atoms with Crippen LogP contribution in [0.3, 0.4) is 0 Å². The van der Waals surface area contributed by atoms with Crippen molar-refractivity contribution in [1.82, 2.24) is 4.90 Å².